The van der Waals surface area contributed by atoms with E-state index in [0.717, 1.165) is 11.8 Å². The Kier molecular flexibility index (Phi) is 4.70. The molecule has 3 rings (SSSR count). The van der Waals surface area contributed by atoms with Crippen molar-refractivity contribution in [3.8, 4) is 11.1 Å². The van der Waals surface area contributed by atoms with Gasteiger partial charge in [0.25, 0.3) is 0 Å². The van der Waals surface area contributed by atoms with E-state index in [1.165, 1.54) is 25.3 Å². The lowest BCUT2D eigenvalue weighted by molar-refractivity contribution is -0.114. The third kappa shape index (κ3) is 3.98. The molecule has 2 N–H and O–H groups in total. The topological polar surface area (TPSA) is 54.0 Å². The minimum absolute atomic E-state index is 0.137. The third-order valence-electron chi connectivity index (χ3n) is 3.50. The molecule has 1 heterocycles. The first-order valence-corrected chi connectivity index (χ1v) is 7.58. The molecule has 0 saturated carbocycles. The van der Waals surface area contributed by atoms with Crippen LogP contribution in [0.15, 0.2) is 60.8 Å². The number of carbonyl (C=O) groups is 1. The summed E-state index contributed by atoms with van der Waals surface area (Å²) in [6.45, 7) is 1.44. The van der Waals surface area contributed by atoms with Crippen LogP contribution in [0.2, 0.25) is 0 Å². The Balaban J connectivity index is 1.74. The number of nitrogens with zero attached hydrogens (tertiary/aromatic N) is 1. The molecule has 2 aromatic carbocycles. The van der Waals surface area contributed by atoms with E-state index in [1.54, 1.807) is 36.4 Å². The van der Waals surface area contributed by atoms with Crippen LogP contribution in [0.3, 0.4) is 0 Å². The number of pyridine rings is 1. The largest absolute Gasteiger partial charge is 0.340 e. The maximum absolute atomic E-state index is 13.8. The molecule has 0 saturated heterocycles. The van der Waals surface area contributed by atoms with E-state index in [4.69, 9.17) is 0 Å². The van der Waals surface area contributed by atoms with Gasteiger partial charge in [0.1, 0.15) is 5.82 Å². The van der Waals surface area contributed by atoms with Gasteiger partial charge in [-0.15, -0.1) is 0 Å². The molecule has 0 radical (unpaired) electrons. The number of anilines is 3. The Hall–Kier alpha value is -3.28. The first-order chi connectivity index (χ1) is 12.0. The van der Waals surface area contributed by atoms with Crippen LogP contribution in [0.1, 0.15) is 6.92 Å². The number of hydrogen-bond donors (Lipinski definition) is 2. The summed E-state index contributed by atoms with van der Waals surface area (Å²) >= 11 is 0. The summed E-state index contributed by atoms with van der Waals surface area (Å²) in [5.41, 5.74) is 2.14. The molecule has 0 spiro atoms. The smallest absolute Gasteiger partial charge is 0.221 e. The lowest BCUT2D eigenvalue weighted by Crippen LogP contribution is -2.05. The first-order valence-electron chi connectivity index (χ1n) is 7.58. The fraction of sp³-hybridized carbons (Fsp3) is 0.0526. The van der Waals surface area contributed by atoms with Crippen LogP contribution >= 0.6 is 0 Å². The lowest BCUT2D eigenvalue weighted by Gasteiger charge is -2.09. The molecule has 4 nitrogen and oxygen atoms in total. The maximum Gasteiger partial charge on any atom is 0.221 e. The summed E-state index contributed by atoms with van der Waals surface area (Å²) in [5, 5.41) is 5.78. The highest BCUT2D eigenvalue weighted by Gasteiger charge is 2.10. The molecule has 1 amide bonds. The zero-order valence-electron chi connectivity index (χ0n) is 13.4. The minimum atomic E-state index is -0.890. The fourth-order valence-electron chi connectivity index (χ4n) is 2.34. The number of rotatable bonds is 4. The second-order valence-corrected chi connectivity index (χ2v) is 5.42. The van der Waals surface area contributed by atoms with Gasteiger partial charge in [-0.1, -0.05) is 12.1 Å². The van der Waals surface area contributed by atoms with E-state index >= 15 is 0 Å². The van der Waals surface area contributed by atoms with Gasteiger partial charge in [-0.3, -0.25) is 4.79 Å². The van der Waals surface area contributed by atoms with Crippen LogP contribution in [0.4, 0.5) is 26.0 Å². The zero-order chi connectivity index (χ0) is 17.8. The third-order valence-corrected chi connectivity index (χ3v) is 3.50. The quantitative estimate of drug-likeness (QED) is 0.722. The maximum atomic E-state index is 13.8. The van der Waals surface area contributed by atoms with Crippen molar-refractivity contribution in [3.05, 3.63) is 72.4 Å². The molecule has 126 valence electrons. The van der Waals surface area contributed by atoms with Gasteiger partial charge in [0.05, 0.1) is 0 Å². The van der Waals surface area contributed by atoms with Crippen LogP contribution in [-0.2, 0) is 4.79 Å². The fourth-order valence-corrected chi connectivity index (χ4v) is 2.34. The number of aromatic nitrogens is 1. The Labute approximate surface area is 143 Å². The summed E-state index contributed by atoms with van der Waals surface area (Å²) < 4.78 is 27.1. The average Bonchev–Trinajstić information content (AvgIpc) is 2.59. The highest BCUT2D eigenvalue weighted by Crippen LogP contribution is 2.25. The summed E-state index contributed by atoms with van der Waals surface area (Å²) in [4.78, 5) is 15.2. The van der Waals surface area contributed by atoms with Crippen LogP contribution in [0, 0.1) is 11.6 Å². The van der Waals surface area contributed by atoms with Crippen molar-refractivity contribution in [1.29, 1.82) is 0 Å². The second-order valence-electron chi connectivity index (χ2n) is 5.42. The summed E-state index contributed by atoms with van der Waals surface area (Å²) in [5.74, 6) is -1.35. The molecule has 1 aromatic heterocycles. The molecule has 3 aromatic rings. The van der Waals surface area contributed by atoms with Crippen LogP contribution in [-0.4, -0.2) is 10.9 Å². The molecular formula is C19H15F2N3O. The van der Waals surface area contributed by atoms with Gasteiger partial charge >= 0.3 is 0 Å². The van der Waals surface area contributed by atoms with Crippen molar-refractivity contribution in [2.24, 2.45) is 0 Å². The van der Waals surface area contributed by atoms with Crippen LogP contribution < -0.4 is 10.6 Å². The molecule has 0 atom stereocenters. The van der Waals surface area contributed by atoms with Gasteiger partial charge in [0.2, 0.25) is 5.91 Å². The van der Waals surface area contributed by atoms with Crippen molar-refractivity contribution in [2.75, 3.05) is 10.6 Å². The van der Waals surface area contributed by atoms with E-state index in [0.29, 0.717) is 17.1 Å². The van der Waals surface area contributed by atoms with E-state index in [2.05, 4.69) is 15.6 Å². The van der Waals surface area contributed by atoms with Crippen molar-refractivity contribution >= 4 is 23.1 Å². The minimum Gasteiger partial charge on any atom is -0.340 e. The average molecular weight is 339 g/mol. The summed E-state index contributed by atoms with van der Waals surface area (Å²) in [6, 6.07) is 14.5. The van der Waals surface area contributed by atoms with Gasteiger partial charge in [0, 0.05) is 35.6 Å². The lowest BCUT2D eigenvalue weighted by atomic mass is 10.1. The number of benzene rings is 2. The normalized spacial score (nSPS) is 10.4. The van der Waals surface area contributed by atoms with Crippen molar-refractivity contribution in [3.63, 3.8) is 0 Å². The van der Waals surface area contributed by atoms with Crippen LogP contribution in [0.25, 0.3) is 11.1 Å². The standard InChI is InChI=1S/C19H15F2N3O/c1-12(25)23-14-6-8-15(9-7-14)24-18-10-5-13(11-22-18)16-3-2-4-17(20)19(16)21/h2-11H,1H3,(H,22,24)(H,23,25). The van der Waals surface area contributed by atoms with Gasteiger partial charge in [-0.25, -0.2) is 13.8 Å². The second kappa shape index (κ2) is 7.09. The predicted molar refractivity (Wildman–Crippen MR) is 93.6 cm³/mol. The number of nitrogens with one attached hydrogen (secondary N) is 2. The highest BCUT2D eigenvalue weighted by atomic mass is 19.2. The van der Waals surface area contributed by atoms with E-state index in [9.17, 15) is 13.6 Å². The SMILES string of the molecule is CC(=O)Nc1ccc(Nc2ccc(-c3cccc(F)c3F)cn2)cc1. The van der Waals surface area contributed by atoms with Crippen LogP contribution in [0.5, 0.6) is 0 Å². The Bertz CT molecular complexity index is 894. The van der Waals surface area contributed by atoms with Gasteiger partial charge in [0.15, 0.2) is 11.6 Å². The number of halogens is 2. The summed E-state index contributed by atoms with van der Waals surface area (Å²) in [7, 11) is 0. The molecule has 0 unspecified atom stereocenters. The zero-order valence-corrected chi connectivity index (χ0v) is 13.4. The molecule has 0 fully saturated rings. The van der Waals surface area contributed by atoms with Gasteiger partial charge in [-0.05, 0) is 42.5 Å². The van der Waals surface area contributed by atoms with Crippen molar-refractivity contribution < 1.29 is 13.6 Å². The van der Waals surface area contributed by atoms with Gasteiger partial charge < -0.3 is 10.6 Å². The molecular weight excluding hydrogens is 324 g/mol. The number of carbonyl (C=O) groups excluding carboxylic acids is 1. The summed E-state index contributed by atoms with van der Waals surface area (Å²) in [6.07, 6.45) is 1.48. The molecule has 0 aliphatic rings. The van der Waals surface area contributed by atoms with E-state index in [-0.39, 0.29) is 11.5 Å². The van der Waals surface area contributed by atoms with Gasteiger partial charge in [-0.2, -0.15) is 0 Å². The Morgan fingerprint density at radius 2 is 1.68 bits per heavy atom. The first kappa shape index (κ1) is 16.6. The van der Waals surface area contributed by atoms with E-state index in [1.807, 2.05) is 0 Å². The molecule has 0 aliphatic carbocycles. The van der Waals surface area contributed by atoms with Crippen molar-refractivity contribution in [1.82, 2.24) is 4.98 Å². The molecule has 25 heavy (non-hydrogen) atoms. The number of hydrogen-bond acceptors (Lipinski definition) is 3. The molecule has 6 heteroatoms. The Morgan fingerprint density at radius 3 is 2.32 bits per heavy atom. The molecule has 0 aliphatic heterocycles. The molecule has 0 bridgehead atoms. The predicted octanol–water partition coefficient (Wildman–Crippen LogP) is 4.73. The highest BCUT2D eigenvalue weighted by molar-refractivity contribution is 5.88. The van der Waals surface area contributed by atoms with E-state index < -0.39 is 11.6 Å². The van der Waals surface area contributed by atoms with Crippen molar-refractivity contribution in [2.45, 2.75) is 6.92 Å². The monoisotopic (exact) mass is 339 g/mol. The number of amides is 1. The Morgan fingerprint density at radius 1 is 0.960 bits per heavy atom.